The summed E-state index contributed by atoms with van der Waals surface area (Å²) in [6.07, 6.45) is 1.70. The van der Waals surface area contributed by atoms with Crippen LogP contribution in [0.1, 0.15) is 25.1 Å². The van der Waals surface area contributed by atoms with Crippen LogP contribution in [0.4, 0.5) is 10.2 Å². The maximum atomic E-state index is 13.6. The average Bonchev–Trinajstić information content (AvgIpc) is 3.00. The lowest BCUT2D eigenvalue weighted by Gasteiger charge is -2.30. The molecule has 8 heteroatoms. The van der Waals surface area contributed by atoms with Gasteiger partial charge >= 0.3 is 0 Å². The molecule has 3 aromatic rings. The van der Waals surface area contributed by atoms with E-state index in [-0.39, 0.29) is 17.5 Å². The van der Waals surface area contributed by atoms with Crippen LogP contribution in [-0.4, -0.2) is 43.3 Å². The van der Waals surface area contributed by atoms with Gasteiger partial charge < -0.3 is 20.7 Å². The lowest BCUT2D eigenvalue weighted by atomic mass is 9.89. The van der Waals surface area contributed by atoms with Crippen LogP contribution in [0.5, 0.6) is 0 Å². The summed E-state index contributed by atoms with van der Waals surface area (Å²) in [6, 6.07) is 6.19. The van der Waals surface area contributed by atoms with Gasteiger partial charge in [-0.15, -0.1) is 0 Å². The molecular weight excluding hydrogens is 359 g/mol. The number of nitrogen functional groups attached to an aromatic ring is 1. The molecule has 0 atom stereocenters. The van der Waals surface area contributed by atoms with Crippen molar-refractivity contribution in [1.82, 2.24) is 24.8 Å². The number of halogens is 1. The van der Waals surface area contributed by atoms with Gasteiger partial charge in [-0.1, -0.05) is 18.1 Å². The van der Waals surface area contributed by atoms with E-state index >= 15 is 0 Å². The van der Waals surface area contributed by atoms with Crippen LogP contribution in [0.3, 0.4) is 0 Å². The van der Waals surface area contributed by atoms with Crippen molar-refractivity contribution in [3.05, 3.63) is 35.9 Å². The number of aromatic nitrogens is 4. The minimum Gasteiger partial charge on any atom is -0.389 e. The quantitative estimate of drug-likeness (QED) is 0.584. The first-order chi connectivity index (χ1) is 13.5. The Morgan fingerprint density at radius 2 is 2.07 bits per heavy atom. The number of nitrogens with zero attached hydrogens (tertiary/aromatic N) is 4. The number of hydrogen-bond acceptors (Lipinski definition) is 6. The fraction of sp³-hybridized carbons (Fsp3) is 0.350. The van der Waals surface area contributed by atoms with E-state index in [1.54, 1.807) is 23.7 Å². The Hall–Kier alpha value is -3.02. The molecule has 1 aliphatic heterocycles. The van der Waals surface area contributed by atoms with E-state index in [2.05, 4.69) is 32.1 Å². The molecular formula is C20H21FN6O. The molecule has 2 aromatic heterocycles. The number of hydrogen-bond donors (Lipinski definition) is 3. The van der Waals surface area contributed by atoms with Gasteiger partial charge in [-0.05, 0) is 44.0 Å². The van der Waals surface area contributed by atoms with Crippen molar-refractivity contribution in [2.75, 3.05) is 18.8 Å². The number of nitrogens with one attached hydrogen (secondary N) is 1. The zero-order valence-corrected chi connectivity index (χ0v) is 15.5. The Labute approximate surface area is 161 Å². The summed E-state index contributed by atoms with van der Waals surface area (Å²) < 4.78 is 15.3. The summed E-state index contributed by atoms with van der Waals surface area (Å²) in [4.78, 5) is 13.2. The molecule has 1 aliphatic rings. The molecule has 1 aromatic carbocycles. The second kappa shape index (κ2) is 7.19. The van der Waals surface area contributed by atoms with E-state index in [0.717, 1.165) is 13.1 Å². The first-order valence-electron chi connectivity index (χ1n) is 9.13. The van der Waals surface area contributed by atoms with Crippen molar-refractivity contribution in [2.24, 2.45) is 7.05 Å². The van der Waals surface area contributed by atoms with Crippen molar-refractivity contribution < 1.29 is 9.50 Å². The number of nitrogens with two attached hydrogens (primary N) is 1. The average molecular weight is 380 g/mol. The first-order valence-corrected chi connectivity index (χ1v) is 9.13. The summed E-state index contributed by atoms with van der Waals surface area (Å²) in [5.41, 5.74) is 6.89. The molecule has 144 valence electrons. The van der Waals surface area contributed by atoms with E-state index in [1.165, 1.54) is 12.1 Å². The highest BCUT2D eigenvalue weighted by Gasteiger charge is 2.27. The molecule has 7 nitrogen and oxygen atoms in total. The zero-order valence-electron chi connectivity index (χ0n) is 15.5. The highest BCUT2D eigenvalue weighted by molar-refractivity contribution is 5.85. The van der Waals surface area contributed by atoms with Crippen LogP contribution in [0, 0.1) is 17.7 Å². The van der Waals surface area contributed by atoms with Crippen LogP contribution >= 0.6 is 0 Å². The Bertz CT molecular complexity index is 1090. The maximum absolute atomic E-state index is 13.6. The van der Waals surface area contributed by atoms with E-state index in [1.807, 2.05) is 0 Å². The van der Waals surface area contributed by atoms with Gasteiger partial charge in [0, 0.05) is 19.0 Å². The predicted molar refractivity (Wildman–Crippen MR) is 105 cm³/mol. The molecule has 4 rings (SSSR count). The van der Waals surface area contributed by atoms with Crippen LogP contribution in [0.15, 0.2) is 24.3 Å². The number of rotatable bonds is 2. The third-order valence-corrected chi connectivity index (χ3v) is 4.98. The number of fused-ring (bicyclic) bond motifs is 1. The van der Waals surface area contributed by atoms with Crippen molar-refractivity contribution >= 4 is 17.0 Å². The lowest BCUT2D eigenvalue weighted by Crippen LogP contribution is -2.41. The van der Waals surface area contributed by atoms with Crippen molar-refractivity contribution in [3.63, 3.8) is 0 Å². The Kier molecular flexibility index (Phi) is 4.71. The zero-order chi connectivity index (χ0) is 19.7. The molecule has 0 spiro atoms. The number of aryl methyl sites for hydroxylation is 1. The second-order valence-electron chi connectivity index (χ2n) is 7.06. The van der Waals surface area contributed by atoms with E-state index in [0.29, 0.717) is 41.8 Å². The van der Waals surface area contributed by atoms with E-state index in [4.69, 9.17) is 5.73 Å². The summed E-state index contributed by atoms with van der Waals surface area (Å²) in [6.45, 7) is 1.57. The predicted octanol–water partition coefficient (Wildman–Crippen LogP) is 1.61. The van der Waals surface area contributed by atoms with Gasteiger partial charge in [0.05, 0.1) is 5.60 Å². The molecule has 0 aliphatic carbocycles. The Morgan fingerprint density at radius 1 is 1.29 bits per heavy atom. The third-order valence-electron chi connectivity index (χ3n) is 4.98. The summed E-state index contributed by atoms with van der Waals surface area (Å²) in [5, 5.41) is 13.7. The van der Waals surface area contributed by atoms with Crippen LogP contribution < -0.4 is 11.1 Å². The smallest absolute Gasteiger partial charge is 0.208 e. The van der Waals surface area contributed by atoms with Crippen LogP contribution in [0.25, 0.3) is 22.6 Å². The van der Waals surface area contributed by atoms with Crippen molar-refractivity contribution in [1.29, 1.82) is 0 Å². The standard InChI is InChI=1S/C20H21FN6O/c1-27-18(13-4-2-5-14(21)12-13)26-16-17(22)24-15(25-19(16)27)6-3-7-20(28)8-10-23-11-9-20/h2,4-5,12,23,28H,7-11H2,1H3,(H2,22,24,25). The first kappa shape index (κ1) is 18.3. The number of benzene rings is 1. The molecule has 0 radical (unpaired) electrons. The lowest BCUT2D eigenvalue weighted by molar-refractivity contribution is 0.0154. The molecule has 1 fully saturated rings. The molecule has 0 bridgehead atoms. The van der Waals surface area contributed by atoms with Gasteiger partial charge in [-0.2, -0.15) is 0 Å². The highest BCUT2D eigenvalue weighted by Crippen LogP contribution is 2.26. The topological polar surface area (TPSA) is 102 Å². The molecule has 0 saturated carbocycles. The Balaban J connectivity index is 1.67. The monoisotopic (exact) mass is 380 g/mol. The summed E-state index contributed by atoms with van der Waals surface area (Å²) in [7, 11) is 1.79. The largest absolute Gasteiger partial charge is 0.389 e. The molecule has 0 amide bonds. The van der Waals surface area contributed by atoms with Crippen molar-refractivity contribution in [3.8, 4) is 23.2 Å². The van der Waals surface area contributed by atoms with E-state index in [9.17, 15) is 9.50 Å². The summed E-state index contributed by atoms with van der Waals surface area (Å²) >= 11 is 0. The highest BCUT2D eigenvalue weighted by atomic mass is 19.1. The molecule has 1 saturated heterocycles. The van der Waals surface area contributed by atoms with Crippen LogP contribution in [0.2, 0.25) is 0 Å². The van der Waals surface area contributed by atoms with Crippen LogP contribution in [-0.2, 0) is 7.05 Å². The van der Waals surface area contributed by atoms with E-state index < -0.39 is 5.60 Å². The SMILES string of the molecule is Cn1c(-c2cccc(F)c2)nc2c(N)nc(C#CCC3(O)CCNCC3)nc21. The number of anilines is 1. The Morgan fingerprint density at radius 3 is 2.82 bits per heavy atom. The fourth-order valence-electron chi connectivity index (χ4n) is 3.38. The summed E-state index contributed by atoms with van der Waals surface area (Å²) in [5.74, 6) is 6.58. The number of imidazole rings is 1. The van der Waals surface area contributed by atoms with Crippen molar-refractivity contribution in [2.45, 2.75) is 24.9 Å². The molecule has 0 unspecified atom stereocenters. The van der Waals surface area contributed by atoms with Gasteiger partial charge in [-0.25, -0.2) is 19.3 Å². The molecule has 4 N–H and O–H groups in total. The van der Waals surface area contributed by atoms with Gasteiger partial charge in [0.1, 0.15) is 11.6 Å². The van der Waals surface area contributed by atoms with Gasteiger partial charge in [-0.3, -0.25) is 0 Å². The number of piperidine rings is 1. The van der Waals surface area contributed by atoms with Gasteiger partial charge in [0.25, 0.3) is 0 Å². The number of aliphatic hydroxyl groups is 1. The molecule has 28 heavy (non-hydrogen) atoms. The normalized spacial score (nSPS) is 16.0. The third kappa shape index (κ3) is 3.54. The fourth-order valence-corrected chi connectivity index (χ4v) is 3.38. The van der Waals surface area contributed by atoms with Gasteiger partial charge in [0.15, 0.2) is 17.0 Å². The minimum absolute atomic E-state index is 0.216. The maximum Gasteiger partial charge on any atom is 0.208 e. The second-order valence-corrected chi connectivity index (χ2v) is 7.06. The minimum atomic E-state index is -0.773. The molecule has 3 heterocycles. The van der Waals surface area contributed by atoms with Gasteiger partial charge in [0.2, 0.25) is 5.82 Å².